The molecule has 106 valence electrons. The predicted molar refractivity (Wildman–Crippen MR) is 81.0 cm³/mol. The smallest absolute Gasteiger partial charge is 0.137 e. The summed E-state index contributed by atoms with van der Waals surface area (Å²) in [5.74, 6) is 1.01. The van der Waals surface area contributed by atoms with Crippen molar-refractivity contribution in [3.8, 4) is 0 Å². The molecule has 0 aromatic carbocycles. The van der Waals surface area contributed by atoms with Gasteiger partial charge in [0, 0.05) is 44.2 Å². The molecule has 0 amide bonds. The Bertz CT molecular complexity index is 561. The Balaban J connectivity index is 1.70. The average Bonchev–Trinajstić information content (AvgIpc) is 2.53. The van der Waals surface area contributed by atoms with Crippen LogP contribution in [-0.4, -0.2) is 36.3 Å². The molecule has 0 bridgehead atoms. The SMILES string of the molecule is CN(CCC1CCCCO1)c1nccc2ccncc12. The molecule has 1 atom stereocenters. The standard InChI is InChI=1S/C16H21N3O/c1-19(10-7-14-4-2-3-11-20-14)16-15-12-17-8-5-13(15)6-9-18-16/h5-6,8-9,12,14H,2-4,7,10-11H2,1H3. The Morgan fingerprint density at radius 1 is 1.30 bits per heavy atom. The van der Waals surface area contributed by atoms with Gasteiger partial charge in [0.2, 0.25) is 0 Å². The van der Waals surface area contributed by atoms with Crippen molar-refractivity contribution in [3.05, 3.63) is 30.7 Å². The van der Waals surface area contributed by atoms with Crippen LogP contribution in [0.5, 0.6) is 0 Å². The number of aromatic nitrogens is 2. The zero-order valence-corrected chi connectivity index (χ0v) is 12.0. The summed E-state index contributed by atoms with van der Waals surface area (Å²) in [5, 5.41) is 2.30. The van der Waals surface area contributed by atoms with E-state index < -0.39 is 0 Å². The first-order valence-electron chi connectivity index (χ1n) is 7.36. The first kappa shape index (κ1) is 13.3. The Kier molecular flexibility index (Phi) is 4.11. The summed E-state index contributed by atoms with van der Waals surface area (Å²) in [4.78, 5) is 10.9. The second-order valence-electron chi connectivity index (χ2n) is 5.43. The van der Waals surface area contributed by atoms with Gasteiger partial charge in [0.1, 0.15) is 5.82 Å². The molecule has 4 nitrogen and oxygen atoms in total. The van der Waals surface area contributed by atoms with Gasteiger partial charge >= 0.3 is 0 Å². The highest BCUT2D eigenvalue weighted by Gasteiger charge is 2.15. The second kappa shape index (κ2) is 6.18. The molecule has 3 rings (SSSR count). The molecule has 0 spiro atoms. The fourth-order valence-electron chi connectivity index (χ4n) is 2.78. The number of fused-ring (bicyclic) bond motifs is 1. The monoisotopic (exact) mass is 271 g/mol. The van der Waals surface area contributed by atoms with Crippen LogP contribution in [0.15, 0.2) is 30.7 Å². The Morgan fingerprint density at radius 2 is 2.20 bits per heavy atom. The highest BCUT2D eigenvalue weighted by Crippen LogP contribution is 2.23. The third kappa shape index (κ3) is 2.90. The Morgan fingerprint density at radius 3 is 3.05 bits per heavy atom. The van der Waals surface area contributed by atoms with Crippen LogP contribution in [0.25, 0.3) is 10.8 Å². The summed E-state index contributed by atoms with van der Waals surface area (Å²) in [7, 11) is 2.09. The number of anilines is 1. The van der Waals surface area contributed by atoms with Crippen LogP contribution >= 0.6 is 0 Å². The van der Waals surface area contributed by atoms with Crippen molar-refractivity contribution in [2.24, 2.45) is 0 Å². The van der Waals surface area contributed by atoms with E-state index in [0.717, 1.165) is 30.8 Å². The number of ether oxygens (including phenoxy) is 1. The maximum atomic E-state index is 5.79. The Hall–Kier alpha value is -1.68. The summed E-state index contributed by atoms with van der Waals surface area (Å²) in [5.41, 5.74) is 0. The molecule has 0 N–H and O–H groups in total. The van der Waals surface area contributed by atoms with Gasteiger partial charge in [0.25, 0.3) is 0 Å². The number of rotatable bonds is 4. The minimum atomic E-state index is 0.416. The number of nitrogens with zero attached hydrogens (tertiary/aromatic N) is 3. The molecular weight excluding hydrogens is 250 g/mol. The van der Waals surface area contributed by atoms with Gasteiger partial charge in [-0.2, -0.15) is 0 Å². The summed E-state index contributed by atoms with van der Waals surface area (Å²) >= 11 is 0. The van der Waals surface area contributed by atoms with Crippen molar-refractivity contribution in [2.45, 2.75) is 31.8 Å². The lowest BCUT2D eigenvalue weighted by atomic mass is 10.1. The number of hydrogen-bond donors (Lipinski definition) is 0. The fraction of sp³-hybridized carbons (Fsp3) is 0.500. The highest BCUT2D eigenvalue weighted by atomic mass is 16.5. The van der Waals surface area contributed by atoms with E-state index in [1.165, 1.54) is 24.6 Å². The zero-order valence-electron chi connectivity index (χ0n) is 12.0. The maximum absolute atomic E-state index is 5.79. The van der Waals surface area contributed by atoms with E-state index in [4.69, 9.17) is 4.74 Å². The molecule has 1 saturated heterocycles. The van der Waals surface area contributed by atoms with E-state index >= 15 is 0 Å². The van der Waals surface area contributed by atoms with Gasteiger partial charge < -0.3 is 9.64 Å². The van der Waals surface area contributed by atoms with E-state index in [-0.39, 0.29) is 0 Å². The molecule has 1 fully saturated rings. The summed E-state index contributed by atoms with van der Waals surface area (Å²) in [6, 6.07) is 4.05. The number of pyridine rings is 2. The van der Waals surface area contributed by atoms with E-state index in [0.29, 0.717) is 6.10 Å². The zero-order chi connectivity index (χ0) is 13.8. The van der Waals surface area contributed by atoms with Crippen LogP contribution in [0.4, 0.5) is 5.82 Å². The van der Waals surface area contributed by atoms with Gasteiger partial charge in [-0.25, -0.2) is 4.98 Å². The van der Waals surface area contributed by atoms with Crippen LogP contribution < -0.4 is 4.90 Å². The minimum absolute atomic E-state index is 0.416. The normalized spacial score (nSPS) is 19.1. The van der Waals surface area contributed by atoms with Gasteiger partial charge in [-0.1, -0.05) is 0 Å². The lowest BCUT2D eigenvalue weighted by Gasteiger charge is -2.26. The number of hydrogen-bond acceptors (Lipinski definition) is 4. The first-order chi connectivity index (χ1) is 9.84. The van der Waals surface area contributed by atoms with Crippen molar-refractivity contribution in [1.29, 1.82) is 0 Å². The third-order valence-electron chi connectivity index (χ3n) is 3.97. The van der Waals surface area contributed by atoms with Gasteiger partial charge in [0.15, 0.2) is 0 Å². The van der Waals surface area contributed by atoms with E-state index in [2.05, 4.69) is 21.9 Å². The minimum Gasteiger partial charge on any atom is -0.378 e. The molecule has 4 heteroatoms. The van der Waals surface area contributed by atoms with Crippen LogP contribution in [-0.2, 0) is 4.74 Å². The molecule has 3 heterocycles. The van der Waals surface area contributed by atoms with Crippen molar-refractivity contribution in [3.63, 3.8) is 0 Å². The molecular formula is C16H21N3O. The molecule has 2 aromatic heterocycles. The molecule has 0 radical (unpaired) electrons. The topological polar surface area (TPSA) is 38.2 Å². The summed E-state index contributed by atoms with van der Waals surface area (Å²) < 4.78 is 5.79. The van der Waals surface area contributed by atoms with Gasteiger partial charge in [-0.05, 0) is 43.2 Å². The lowest BCUT2D eigenvalue weighted by Crippen LogP contribution is -2.27. The molecule has 1 unspecified atom stereocenters. The summed E-state index contributed by atoms with van der Waals surface area (Å²) in [6.07, 6.45) is 10.8. The van der Waals surface area contributed by atoms with E-state index in [1.807, 2.05) is 30.7 Å². The second-order valence-corrected chi connectivity index (χ2v) is 5.43. The third-order valence-corrected chi connectivity index (χ3v) is 3.97. The molecule has 1 aliphatic heterocycles. The van der Waals surface area contributed by atoms with Crippen LogP contribution in [0.1, 0.15) is 25.7 Å². The van der Waals surface area contributed by atoms with Gasteiger partial charge in [-0.15, -0.1) is 0 Å². The van der Waals surface area contributed by atoms with Gasteiger partial charge in [0.05, 0.1) is 6.10 Å². The molecule has 2 aromatic rings. The quantitative estimate of drug-likeness (QED) is 0.856. The fourth-order valence-corrected chi connectivity index (χ4v) is 2.78. The van der Waals surface area contributed by atoms with Crippen LogP contribution in [0, 0.1) is 0 Å². The predicted octanol–water partition coefficient (Wildman–Crippen LogP) is 3.03. The first-order valence-corrected chi connectivity index (χ1v) is 7.36. The van der Waals surface area contributed by atoms with Crippen molar-refractivity contribution in [1.82, 2.24) is 9.97 Å². The van der Waals surface area contributed by atoms with Crippen molar-refractivity contribution < 1.29 is 4.74 Å². The lowest BCUT2D eigenvalue weighted by molar-refractivity contribution is 0.0127. The summed E-state index contributed by atoms with van der Waals surface area (Å²) in [6.45, 7) is 1.89. The van der Waals surface area contributed by atoms with Gasteiger partial charge in [-0.3, -0.25) is 4.98 Å². The Labute approximate surface area is 119 Å². The maximum Gasteiger partial charge on any atom is 0.137 e. The molecule has 1 aliphatic rings. The van der Waals surface area contributed by atoms with Crippen molar-refractivity contribution in [2.75, 3.05) is 25.1 Å². The molecule has 0 saturated carbocycles. The van der Waals surface area contributed by atoms with Crippen LogP contribution in [0.2, 0.25) is 0 Å². The average molecular weight is 271 g/mol. The van der Waals surface area contributed by atoms with E-state index in [1.54, 1.807) is 0 Å². The van der Waals surface area contributed by atoms with Crippen molar-refractivity contribution >= 4 is 16.6 Å². The van der Waals surface area contributed by atoms with E-state index in [9.17, 15) is 0 Å². The molecule has 0 aliphatic carbocycles. The molecule has 20 heavy (non-hydrogen) atoms. The largest absolute Gasteiger partial charge is 0.378 e. The van der Waals surface area contributed by atoms with Crippen LogP contribution in [0.3, 0.4) is 0 Å². The highest BCUT2D eigenvalue weighted by molar-refractivity contribution is 5.91.